The summed E-state index contributed by atoms with van der Waals surface area (Å²) in [6, 6.07) is 0. The molecule has 0 spiro atoms. The minimum absolute atomic E-state index is 0.310. The molecule has 0 aliphatic rings. The van der Waals surface area contributed by atoms with Crippen LogP contribution in [0.4, 0.5) is 65.9 Å². The standard InChI is InChI=1S/C24H7BF15/c1-3-5-6(4-2)25(7-10(26)16(32)22(38)17(33)11(7)27,8-12(28)18(34)23(39)19(35)13(8)29)9-14(30)20(36)24(40)21(37)15(9)31/h4H,1-2H3/q-1/b6-4-. The zero-order valence-corrected chi connectivity index (χ0v) is 19.3. The molecule has 0 saturated heterocycles. The van der Waals surface area contributed by atoms with Crippen molar-refractivity contribution in [2.75, 3.05) is 0 Å². The van der Waals surface area contributed by atoms with Gasteiger partial charge in [-0.3, -0.25) is 0 Å². The van der Waals surface area contributed by atoms with Crippen LogP contribution in [0.15, 0.2) is 11.5 Å². The molecule has 3 aromatic rings. The van der Waals surface area contributed by atoms with Gasteiger partial charge in [-0.2, -0.15) is 0 Å². The molecule has 0 N–H and O–H groups in total. The first kappa shape index (κ1) is 30.5. The van der Waals surface area contributed by atoms with Crippen molar-refractivity contribution in [2.24, 2.45) is 0 Å². The molecule has 16 heteroatoms. The molecule has 0 heterocycles. The lowest BCUT2D eigenvalue weighted by Crippen LogP contribution is -2.74. The van der Waals surface area contributed by atoms with E-state index in [9.17, 15) is 39.5 Å². The van der Waals surface area contributed by atoms with Gasteiger partial charge < -0.3 is 0 Å². The van der Waals surface area contributed by atoms with Crippen molar-refractivity contribution in [3.05, 3.63) is 98.8 Å². The van der Waals surface area contributed by atoms with Crippen LogP contribution in [0.2, 0.25) is 0 Å². The second-order valence-electron chi connectivity index (χ2n) is 7.94. The minimum atomic E-state index is -5.80. The molecule has 3 rings (SSSR count). The van der Waals surface area contributed by atoms with E-state index in [4.69, 9.17) is 0 Å². The lowest BCUT2D eigenvalue weighted by Gasteiger charge is -2.44. The Morgan fingerprint density at radius 3 is 0.800 bits per heavy atom. The number of hydrogen-bond donors (Lipinski definition) is 0. The third-order valence-corrected chi connectivity index (χ3v) is 6.08. The van der Waals surface area contributed by atoms with Crippen LogP contribution in [-0.4, -0.2) is 6.15 Å². The van der Waals surface area contributed by atoms with Crippen molar-refractivity contribution in [3.63, 3.8) is 0 Å². The third-order valence-electron chi connectivity index (χ3n) is 6.08. The van der Waals surface area contributed by atoms with E-state index < -0.39 is 115 Å². The normalized spacial score (nSPS) is 12.1. The van der Waals surface area contributed by atoms with E-state index in [2.05, 4.69) is 0 Å². The average molecular weight is 591 g/mol. The summed E-state index contributed by atoms with van der Waals surface area (Å²) in [4.78, 5) is 0. The van der Waals surface area contributed by atoms with Gasteiger partial charge in [-0.05, 0) is 13.8 Å². The first-order chi connectivity index (χ1) is 18.5. The zero-order valence-electron chi connectivity index (χ0n) is 19.3. The second-order valence-corrected chi connectivity index (χ2v) is 7.94. The van der Waals surface area contributed by atoms with Crippen molar-refractivity contribution in [2.45, 2.75) is 13.8 Å². The maximum atomic E-state index is 15.3. The van der Waals surface area contributed by atoms with Gasteiger partial charge in [-0.15, -0.1) is 39.8 Å². The van der Waals surface area contributed by atoms with E-state index in [0.29, 0.717) is 13.0 Å². The Balaban J connectivity index is 3.03. The summed E-state index contributed by atoms with van der Waals surface area (Å²) in [5.41, 5.74) is -9.74. The summed E-state index contributed by atoms with van der Waals surface area (Å²) in [5, 5.41) is 0. The lowest BCUT2D eigenvalue weighted by atomic mass is 9.12. The topological polar surface area (TPSA) is 0 Å². The highest BCUT2D eigenvalue weighted by atomic mass is 19.2. The van der Waals surface area contributed by atoms with Crippen LogP contribution in [-0.2, 0) is 0 Å². The van der Waals surface area contributed by atoms with Crippen LogP contribution in [0, 0.1) is 99.1 Å². The van der Waals surface area contributed by atoms with Gasteiger partial charge in [0.1, 0.15) is 41.0 Å². The first-order valence-electron chi connectivity index (χ1n) is 10.4. The quantitative estimate of drug-likeness (QED) is 0.119. The predicted molar refractivity (Wildman–Crippen MR) is 111 cm³/mol. The van der Waals surface area contributed by atoms with Crippen molar-refractivity contribution >= 4 is 22.5 Å². The predicted octanol–water partition coefficient (Wildman–Crippen LogP) is 5.75. The number of rotatable bonds is 4. The van der Waals surface area contributed by atoms with E-state index in [1.807, 2.05) is 5.92 Å². The summed E-state index contributed by atoms with van der Waals surface area (Å²) in [6.07, 6.45) is -5.49. The second kappa shape index (κ2) is 10.5. The largest absolute Gasteiger partial charge is 0.207 e. The van der Waals surface area contributed by atoms with Crippen LogP contribution in [0.3, 0.4) is 0 Å². The molecule has 0 aliphatic carbocycles. The van der Waals surface area contributed by atoms with Crippen LogP contribution in [0.1, 0.15) is 13.8 Å². The van der Waals surface area contributed by atoms with E-state index in [0.717, 1.165) is 6.92 Å². The number of allylic oxidation sites excluding steroid dienone is 2. The Kier molecular flexibility index (Phi) is 8.02. The summed E-state index contributed by atoms with van der Waals surface area (Å²) in [7, 11) is 0. The summed E-state index contributed by atoms with van der Waals surface area (Å²) in [6.45, 7) is 1.49. The highest BCUT2D eigenvalue weighted by Crippen LogP contribution is 2.31. The number of benzene rings is 3. The Bertz CT molecular complexity index is 1430. The molecule has 0 fully saturated rings. The van der Waals surface area contributed by atoms with Crippen LogP contribution >= 0.6 is 0 Å². The highest BCUT2D eigenvalue weighted by Gasteiger charge is 2.49. The molecule has 0 nitrogen and oxygen atoms in total. The maximum Gasteiger partial charge on any atom is 0.200 e. The summed E-state index contributed by atoms with van der Waals surface area (Å²) >= 11 is 0. The fraction of sp³-hybridized carbons (Fsp3) is 0.0833. The number of halogens is 15. The van der Waals surface area contributed by atoms with Gasteiger partial charge in [0.15, 0.2) is 52.4 Å². The molecule has 212 valence electrons. The average Bonchev–Trinajstić information content (AvgIpc) is 2.93. The molecular weight excluding hydrogens is 584 g/mol. The molecule has 0 atom stereocenters. The Labute approximate surface area is 213 Å². The van der Waals surface area contributed by atoms with Gasteiger partial charge in [0.2, 0.25) is 0 Å². The Morgan fingerprint density at radius 1 is 0.425 bits per heavy atom. The Morgan fingerprint density at radius 2 is 0.625 bits per heavy atom. The van der Waals surface area contributed by atoms with E-state index in [1.165, 1.54) is 0 Å². The van der Waals surface area contributed by atoms with E-state index >= 15 is 26.3 Å². The van der Waals surface area contributed by atoms with Crippen molar-refractivity contribution < 1.29 is 65.9 Å². The zero-order chi connectivity index (χ0) is 30.6. The maximum absolute atomic E-state index is 15.3. The van der Waals surface area contributed by atoms with Crippen LogP contribution in [0.25, 0.3) is 0 Å². The molecule has 40 heavy (non-hydrogen) atoms. The molecule has 0 bridgehead atoms. The summed E-state index contributed by atoms with van der Waals surface area (Å²) < 4.78 is 220. The SMILES string of the molecule is CC#C/C(=C/C)[B-](c1c(F)c(F)c(F)c(F)c1F)(c1c(F)c(F)c(F)c(F)c1F)c1c(F)c(F)c(F)c(F)c1F. The molecular formula is C24H7BF15-. The van der Waals surface area contributed by atoms with Crippen molar-refractivity contribution in [1.82, 2.24) is 0 Å². The lowest BCUT2D eigenvalue weighted by molar-refractivity contribution is 0.379. The summed E-state index contributed by atoms with van der Waals surface area (Å²) in [5.74, 6) is -42.3. The molecule has 0 aromatic heterocycles. The van der Waals surface area contributed by atoms with Gasteiger partial charge in [0, 0.05) is 0 Å². The third kappa shape index (κ3) is 3.93. The van der Waals surface area contributed by atoms with Crippen molar-refractivity contribution in [3.8, 4) is 11.8 Å². The van der Waals surface area contributed by atoms with Gasteiger partial charge in [0.05, 0.1) is 0 Å². The fourth-order valence-electron chi connectivity index (χ4n) is 4.48. The highest BCUT2D eigenvalue weighted by molar-refractivity contribution is 7.17. The number of hydrogen-bond acceptors (Lipinski definition) is 0. The fourth-order valence-corrected chi connectivity index (χ4v) is 4.48. The van der Waals surface area contributed by atoms with Gasteiger partial charge in [-0.1, -0.05) is 0 Å². The Hall–Kier alpha value is -4.03. The monoisotopic (exact) mass is 591 g/mol. The molecule has 0 amide bonds. The first-order valence-corrected chi connectivity index (χ1v) is 10.4. The van der Waals surface area contributed by atoms with Crippen molar-refractivity contribution in [1.29, 1.82) is 0 Å². The van der Waals surface area contributed by atoms with Gasteiger partial charge in [-0.25, -0.2) is 65.9 Å². The molecule has 0 unspecified atom stereocenters. The van der Waals surface area contributed by atoms with Gasteiger partial charge >= 0.3 is 0 Å². The van der Waals surface area contributed by atoms with Crippen LogP contribution in [0.5, 0.6) is 0 Å². The molecule has 0 aliphatic heterocycles. The molecule has 0 saturated carbocycles. The minimum Gasteiger partial charge on any atom is -0.207 e. The smallest absolute Gasteiger partial charge is 0.200 e. The molecule has 3 aromatic carbocycles. The van der Waals surface area contributed by atoms with Crippen LogP contribution < -0.4 is 16.4 Å². The molecule has 0 radical (unpaired) electrons. The van der Waals surface area contributed by atoms with E-state index in [-0.39, 0.29) is 0 Å². The van der Waals surface area contributed by atoms with Gasteiger partial charge in [0.25, 0.3) is 0 Å². The van der Waals surface area contributed by atoms with E-state index in [1.54, 1.807) is 5.92 Å².